The molecule has 4 atom stereocenters. The molecule has 3 aliphatic rings. The van der Waals surface area contributed by atoms with Gasteiger partial charge in [0.05, 0.1) is 33.3 Å². The number of fused-ring (bicyclic) bond motifs is 4. The molecule has 6 heteroatoms. The highest BCUT2D eigenvalue weighted by molar-refractivity contribution is 5.88. The van der Waals surface area contributed by atoms with Crippen LogP contribution in [0, 0.1) is 11.8 Å². The Labute approximate surface area is 224 Å². The summed E-state index contributed by atoms with van der Waals surface area (Å²) in [5.41, 5.74) is -1.04. The van der Waals surface area contributed by atoms with Gasteiger partial charge in [-0.1, -0.05) is 54.6 Å². The van der Waals surface area contributed by atoms with Crippen LogP contribution < -0.4 is 9.47 Å². The number of hydrogen-bond acceptors (Lipinski definition) is 5. The number of carbonyl (C=O) groups excluding carboxylic acids is 1. The van der Waals surface area contributed by atoms with Crippen LogP contribution in [0.4, 0.5) is 0 Å². The Morgan fingerprint density at radius 3 is 2.26 bits per heavy atom. The largest absolute Gasteiger partial charge is 0.493 e. The molecule has 1 heterocycles. The molecule has 2 aliphatic carbocycles. The van der Waals surface area contributed by atoms with E-state index in [0.717, 1.165) is 42.5 Å². The van der Waals surface area contributed by atoms with Crippen molar-refractivity contribution >= 4 is 5.97 Å². The van der Waals surface area contributed by atoms with Crippen molar-refractivity contribution in [2.75, 3.05) is 27.2 Å². The topological polar surface area (TPSA) is 65.0 Å². The van der Waals surface area contributed by atoms with Crippen LogP contribution in [0.5, 0.6) is 17.2 Å². The summed E-state index contributed by atoms with van der Waals surface area (Å²) in [4.78, 5) is 13.8. The lowest BCUT2D eigenvalue weighted by atomic mass is 9.83. The van der Waals surface area contributed by atoms with Crippen molar-refractivity contribution in [2.45, 2.75) is 43.4 Å². The fraction of sp³-hybridized carbons (Fsp3) is 0.406. The smallest absolute Gasteiger partial charge is 0.348 e. The number of esters is 1. The summed E-state index contributed by atoms with van der Waals surface area (Å²) in [5, 5.41) is 12.0. The van der Waals surface area contributed by atoms with E-state index in [-0.39, 0.29) is 12.0 Å². The molecule has 3 aromatic rings. The molecule has 2 unspecified atom stereocenters. The molecule has 198 valence electrons. The van der Waals surface area contributed by atoms with Gasteiger partial charge in [0.1, 0.15) is 23.4 Å². The summed E-state index contributed by atoms with van der Waals surface area (Å²) >= 11 is 0. The molecule has 2 saturated carbocycles. The third-order valence-corrected chi connectivity index (χ3v) is 8.83. The standard InChI is InChI=1S/C32H36NO5/c1-33(2,19-10-20-36-23-11-4-3-5-12-23)30-22-17-18-24(30)29(21-22)38-31(34)32(35)25-13-6-8-15-27(25)37-28-16-9-7-14-26(28)32/h3-9,11-16,22,24,29-30,35H,10,17-21H2,1-2H3/q+1/t22?,24-,29-,30?/m1/s1. The third kappa shape index (κ3) is 4.26. The van der Waals surface area contributed by atoms with Crippen molar-refractivity contribution in [3.8, 4) is 17.2 Å². The van der Waals surface area contributed by atoms with Gasteiger partial charge in [-0.3, -0.25) is 0 Å². The predicted molar refractivity (Wildman–Crippen MR) is 144 cm³/mol. The summed E-state index contributed by atoms with van der Waals surface area (Å²) in [6.45, 7) is 1.67. The highest BCUT2D eigenvalue weighted by atomic mass is 16.6. The number of ether oxygens (including phenoxy) is 3. The van der Waals surface area contributed by atoms with Gasteiger partial charge in [-0.2, -0.15) is 0 Å². The number of benzene rings is 3. The molecule has 0 saturated heterocycles. The molecular weight excluding hydrogens is 478 g/mol. The summed E-state index contributed by atoms with van der Waals surface area (Å²) < 4.78 is 19.0. The number of nitrogens with zero attached hydrogens (tertiary/aromatic N) is 1. The van der Waals surface area contributed by atoms with Crippen LogP contribution in [-0.2, 0) is 15.1 Å². The lowest BCUT2D eigenvalue weighted by Gasteiger charge is -2.39. The SMILES string of the molecule is C[N+](C)(CCCOc1ccccc1)C1C2CC[C@@H]1[C@H](OC(=O)C1(O)c3ccccc3Oc3ccccc31)C2. The maximum atomic E-state index is 13.8. The van der Waals surface area contributed by atoms with Gasteiger partial charge in [0.2, 0.25) is 5.60 Å². The Morgan fingerprint density at radius 1 is 0.947 bits per heavy atom. The predicted octanol–water partition coefficient (Wildman–Crippen LogP) is 5.28. The molecule has 6 nitrogen and oxygen atoms in total. The van der Waals surface area contributed by atoms with Gasteiger partial charge in [-0.15, -0.1) is 0 Å². The number of rotatable bonds is 8. The number of hydrogen-bond donors (Lipinski definition) is 1. The van der Waals surface area contributed by atoms with E-state index in [2.05, 4.69) is 14.1 Å². The van der Waals surface area contributed by atoms with Gasteiger partial charge in [0.25, 0.3) is 0 Å². The van der Waals surface area contributed by atoms with Crippen molar-refractivity contribution < 1.29 is 28.6 Å². The zero-order valence-electron chi connectivity index (χ0n) is 22.1. The highest BCUT2D eigenvalue weighted by Crippen LogP contribution is 2.52. The molecule has 38 heavy (non-hydrogen) atoms. The van der Waals surface area contributed by atoms with Gasteiger partial charge in [0, 0.05) is 29.4 Å². The summed E-state index contributed by atoms with van der Waals surface area (Å²) in [5.74, 6) is 2.03. The first-order chi connectivity index (χ1) is 18.4. The average Bonchev–Trinajstić information content (AvgIpc) is 3.51. The van der Waals surface area contributed by atoms with E-state index in [1.54, 1.807) is 24.3 Å². The van der Waals surface area contributed by atoms with Crippen LogP contribution in [-0.4, -0.2) is 55.0 Å². The lowest BCUT2D eigenvalue weighted by Crippen LogP contribution is -2.53. The molecule has 2 bridgehead atoms. The van der Waals surface area contributed by atoms with E-state index in [4.69, 9.17) is 14.2 Å². The minimum absolute atomic E-state index is 0.199. The van der Waals surface area contributed by atoms with Crippen LogP contribution >= 0.6 is 0 Å². The number of aliphatic hydroxyl groups is 1. The second-order valence-electron chi connectivity index (χ2n) is 11.5. The summed E-state index contributed by atoms with van der Waals surface area (Å²) in [6.07, 6.45) is 3.81. The lowest BCUT2D eigenvalue weighted by molar-refractivity contribution is -0.919. The maximum Gasteiger partial charge on any atom is 0.348 e. The monoisotopic (exact) mass is 514 g/mol. The van der Waals surface area contributed by atoms with Crippen LogP contribution in [0.3, 0.4) is 0 Å². The molecule has 1 N–H and O–H groups in total. The van der Waals surface area contributed by atoms with E-state index < -0.39 is 11.6 Å². The van der Waals surface area contributed by atoms with E-state index in [9.17, 15) is 9.90 Å². The Hall–Kier alpha value is -3.35. The molecule has 0 aromatic heterocycles. The molecule has 1 aliphatic heterocycles. The number of para-hydroxylation sites is 3. The van der Waals surface area contributed by atoms with E-state index in [1.807, 2.05) is 54.6 Å². The normalized spacial score (nSPS) is 24.7. The first-order valence-electron chi connectivity index (χ1n) is 13.7. The molecular formula is C32H36NO5+. The Morgan fingerprint density at radius 2 is 1.58 bits per heavy atom. The van der Waals surface area contributed by atoms with Crippen LogP contribution in [0.2, 0.25) is 0 Å². The quantitative estimate of drug-likeness (QED) is 0.252. The van der Waals surface area contributed by atoms with Crippen LogP contribution in [0.25, 0.3) is 0 Å². The third-order valence-electron chi connectivity index (χ3n) is 8.83. The Kier molecular flexibility index (Phi) is 6.40. The Balaban J connectivity index is 1.16. The minimum atomic E-state index is -1.90. The molecule has 2 fully saturated rings. The average molecular weight is 515 g/mol. The van der Waals surface area contributed by atoms with Gasteiger partial charge in [0.15, 0.2) is 0 Å². The van der Waals surface area contributed by atoms with Gasteiger partial charge >= 0.3 is 5.97 Å². The Bertz CT molecular complexity index is 1260. The minimum Gasteiger partial charge on any atom is -0.493 e. The van der Waals surface area contributed by atoms with Gasteiger partial charge in [-0.25, -0.2) is 4.79 Å². The molecule has 0 amide bonds. The fourth-order valence-electron chi connectivity index (χ4n) is 7.20. The first-order valence-corrected chi connectivity index (χ1v) is 13.7. The van der Waals surface area contributed by atoms with Crippen molar-refractivity contribution in [2.24, 2.45) is 11.8 Å². The fourth-order valence-corrected chi connectivity index (χ4v) is 7.20. The molecule has 0 spiro atoms. The van der Waals surface area contributed by atoms with Gasteiger partial charge in [-0.05, 0) is 43.5 Å². The van der Waals surface area contributed by atoms with E-state index in [1.165, 1.54) is 0 Å². The summed E-state index contributed by atoms with van der Waals surface area (Å²) in [6, 6.07) is 24.7. The highest BCUT2D eigenvalue weighted by Gasteiger charge is 2.58. The van der Waals surface area contributed by atoms with Crippen LogP contribution in [0.15, 0.2) is 78.9 Å². The molecule has 6 rings (SSSR count). The zero-order chi connectivity index (χ0) is 26.3. The zero-order valence-corrected chi connectivity index (χ0v) is 22.1. The maximum absolute atomic E-state index is 13.8. The van der Waals surface area contributed by atoms with Gasteiger partial charge < -0.3 is 23.8 Å². The molecule has 3 aromatic carbocycles. The van der Waals surface area contributed by atoms with E-state index >= 15 is 0 Å². The van der Waals surface area contributed by atoms with Crippen molar-refractivity contribution in [3.05, 3.63) is 90.0 Å². The van der Waals surface area contributed by atoms with E-state index in [0.29, 0.717) is 41.2 Å². The summed E-state index contributed by atoms with van der Waals surface area (Å²) in [7, 11) is 4.59. The first kappa shape index (κ1) is 25.0. The number of quaternary nitrogens is 1. The van der Waals surface area contributed by atoms with Crippen LogP contribution in [0.1, 0.15) is 36.8 Å². The number of carbonyl (C=O) groups is 1. The van der Waals surface area contributed by atoms with Crippen molar-refractivity contribution in [3.63, 3.8) is 0 Å². The molecule has 0 radical (unpaired) electrons. The van der Waals surface area contributed by atoms with Crippen molar-refractivity contribution in [1.82, 2.24) is 0 Å². The second kappa shape index (κ2) is 9.75. The second-order valence-corrected chi connectivity index (χ2v) is 11.5. The van der Waals surface area contributed by atoms with Crippen molar-refractivity contribution in [1.29, 1.82) is 0 Å².